The number of rotatable bonds is 1. The van der Waals surface area contributed by atoms with Gasteiger partial charge in [-0.3, -0.25) is 4.98 Å². The molecule has 2 aromatic heterocycles. The quantitative estimate of drug-likeness (QED) is 0.534. The number of nitrogen functional groups attached to an aromatic ring is 1. The minimum Gasteiger partial charge on any atom is -0.436 e. The van der Waals surface area contributed by atoms with E-state index in [0.717, 1.165) is 27.7 Å². The minimum absolute atomic E-state index is 0.595. The molecule has 0 saturated heterocycles. The van der Waals surface area contributed by atoms with Crippen LogP contribution >= 0.6 is 0 Å². The number of oxazole rings is 1. The van der Waals surface area contributed by atoms with Crippen molar-refractivity contribution in [3.05, 3.63) is 54.2 Å². The van der Waals surface area contributed by atoms with E-state index in [9.17, 15) is 0 Å². The summed E-state index contributed by atoms with van der Waals surface area (Å²) in [4.78, 5) is 9.11. The zero-order valence-corrected chi connectivity index (χ0v) is 11.5. The monoisotopic (exact) mass is 275 g/mol. The van der Waals surface area contributed by atoms with Crippen LogP contribution in [0.15, 0.2) is 52.9 Å². The van der Waals surface area contributed by atoms with Gasteiger partial charge in [0.25, 0.3) is 0 Å². The second-order valence-electron chi connectivity index (χ2n) is 5.07. The lowest BCUT2D eigenvalue weighted by Crippen LogP contribution is -1.88. The van der Waals surface area contributed by atoms with Gasteiger partial charge in [0.2, 0.25) is 5.89 Å². The van der Waals surface area contributed by atoms with Crippen molar-refractivity contribution in [2.45, 2.75) is 6.92 Å². The highest BCUT2D eigenvalue weighted by Crippen LogP contribution is 2.31. The molecule has 21 heavy (non-hydrogen) atoms. The lowest BCUT2D eigenvalue weighted by molar-refractivity contribution is 0.620. The van der Waals surface area contributed by atoms with Gasteiger partial charge in [-0.2, -0.15) is 0 Å². The van der Waals surface area contributed by atoms with Gasteiger partial charge < -0.3 is 10.2 Å². The summed E-state index contributed by atoms with van der Waals surface area (Å²) in [5.41, 5.74) is 10.8. The molecule has 0 aliphatic carbocycles. The number of pyridine rings is 1. The van der Waals surface area contributed by atoms with Crippen molar-refractivity contribution >= 4 is 27.7 Å². The van der Waals surface area contributed by atoms with Crippen LogP contribution in [0.4, 0.5) is 5.69 Å². The Labute approximate surface area is 121 Å². The third-order valence-corrected chi connectivity index (χ3v) is 3.49. The van der Waals surface area contributed by atoms with Gasteiger partial charge in [0.1, 0.15) is 5.52 Å². The van der Waals surface area contributed by atoms with E-state index >= 15 is 0 Å². The number of nitrogens with zero attached hydrogens (tertiary/aromatic N) is 2. The van der Waals surface area contributed by atoms with Crippen molar-refractivity contribution in [1.29, 1.82) is 0 Å². The van der Waals surface area contributed by atoms with Crippen LogP contribution in [0.3, 0.4) is 0 Å². The van der Waals surface area contributed by atoms with Crippen LogP contribution in [0.2, 0.25) is 0 Å². The Morgan fingerprint density at radius 1 is 0.952 bits per heavy atom. The fourth-order valence-corrected chi connectivity index (χ4v) is 2.54. The highest BCUT2D eigenvalue weighted by atomic mass is 16.3. The van der Waals surface area contributed by atoms with Gasteiger partial charge in [-0.05, 0) is 31.2 Å². The fraction of sp³-hybridized carbons (Fsp3) is 0.0588. The van der Waals surface area contributed by atoms with Crippen molar-refractivity contribution in [3.63, 3.8) is 0 Å². The van der Waals surface area contributed by atoms with Gasteiger partial charge >= 0.3 is 0 Å². The minimum atomic E-state index is 0.595. The Kier molecular flexibility index (Phi) is 2.44. The SMILES string of the molecule is Cc1cc(-c2nc3ccc(N)cc3o2)c2ccccc2n1. The molecular weight excluding hydrogens is 262 g/mol. The summed E-state index contributed by atoms with van der Waals surface area (Å²) in [6, 6.07) is 15.5. The lowest BCUT2D eigenvalue weighted by atomic mass is 10.1. The van der Waals surface area contributed by atoms with Crippen LogP contribution in [0.25, 0.3) is 33.5 Å². The molecular formula is C17H13N3O. The molecule has 0 saturated carbocycles. The standard InChI is InChI=1S/C17H13N3O/c1-10-8-13(12-4-2-3-5-14(12)19-10)17-20-15-7-6-11(18)9-16(15)21-17/h2-9H,18H2,1H3. The number of benzene rings is 2. The van der Waals surface area contributed by atoms with E-state index in [1.54, 1.807) is 6.07 Å². The molecule has 0 aliphatic heterocycles. The molecule has 2 aromatic carbocycles. The highest BCUT2D eigenvalue weighted by molar-refractivity contribution is 5.93. The summed E-state index contributed by atoms with van der Waals surface area (Å²) in [7, 11) is 0. The normalized spacial score (nSPS) is 11.3. The van der Waals surface area contributed by atoms with E-state index in [1.807, 2.05) is 49.4 Å². The Morgan fingerprint density at radius 3 is 2.71 bits per heavy atom. The number of aryl methyl sites for hydroxylation is 1. The number of aromatic nitrogens is 2. The smallest absolute Gasteiger partial charge is 0.228 e. The molecule has 0 unspecified atom stereocenters. The topological polar surface area (TPSA) is 64.9 Å². The number of nitrogens with two attached hydrogens (primary N) is 1. The molecule has 0 atom stereocenters. The maximum Gasteiger partial charge on any atom is 0.228 e. The summed E-state index contributed by atoms with van der Waals surface area (Å²) in [6.07, 6.45) is 0. The number of anilines is 1. The van der Waals surface area contributed by atoms with Crippen molar-refractivity contribution in [2.24, 2.45) is 0 Å². The first kappa shape index (κ1) is 11.9. The van der Waals surface area contributed by atoms with Gasteiger partial charge in [-0.15, -0.1) is 0 Å². The number of para-hydroxylation sites is 1. The first-order valence-electron chi connectivity index (χ1n) is 6.73. The average molecular weight is 275 g/mol. The summed E-state index contributed by atoms with van der Waals surface area (Å²) in [5.74, 6) is 0.595. The zero-order chi connectivity index (χ0) is 14.4. The molecule has 0 amide bonds. The molecule has 0 fully saturated rings. The van der Waals surface area contributed by atoms with Crippen LogP contribution < -0.4 is 5.73 Å². The van der Waals surface area contributed by atoms with Crippen LogP contribution in [-0.4, -0.2) is 9.97 Å². The molecule has 4 rings (SSSR count). The maximum absolute atomic E-state index is 5.88. The zero-order valence-electron chi connectivity index (χ0n) is 11.5. The molecule has 0 spiro atoms. The maximum atomic E-state index is 5.88. The fourth-order valence-electron chi connectivity index (χ4n) is 2.54. The largest absolute Gasteiger partial charge is 0.436 e. The Balaban J connectivity index is 2.03. The second-order valence-corrected chi connectivity index (χ2v) is 5.07. The second kappa shape index (κ2) is 4.31. The van der Waals surface area contributed by atoms with E-state index in [1.165, 1.54) is 0 Å². The lowest BCUT2D eigenvalue weighted by Gasteiger charge is -2.04. The molecule has 2 heterocycles. The van der Waals surface area contributed by atoms with Gasteiger partial charge in [0.05, 0.1) is 5.52 Å². The van der Waals surface area contributed by atoms with E-state index in [-0.39, 0.29) is 0 Å². The third kappa shape index (κ3) is 1.92. The van der Waals surface area contributed by atoms with Gasteiger partial charge in [-0.25, -0.2) is 4.98 Å². The van der Waals surface area contributed by atoms with E-state index in [0.29, 0.717) is 17.2 Å². The number of hydrogen-bond donors (Lipinski definition) is 1. The van der Waals surface area contributed by atoms with E-state index < -0.39 is 0 Å². The summed E-state index contributed by atoms with van der Waals surface area (Å²) < 4.78 is 5.88. The average Bonchev–Trinajstić information content (AvgIpc) is 2.89. The summed E-state index contributed by atoms with van der Waals surface area (Å²) in [6.45, 7) is 1.97. The van der Waals surface area contributed by atoms with Crippen molar-refractivity contribution in [2.75, 3.05) is 5.73 Å². The van der Waals surface area contributed by atoms with Crippen molar-refractivity contribution < 1.29 is 4.42 Å². The molecule has 4 heteroatoms. The van der Waals surface area contributed by atoms with Gasteiger partial charge in [-0.1, -0.05) is 18.2 Å². The Bertz CT molecular complexity index is 972. The van der Waals surface area contributed by atoms with Crippen LogP contribution in [0.5, 0.6) is 0 Å². The molecule has 4 aromatic rings. The Morgan fingerprint density at radius 2 is 1.81 bits per heavy atom. The molecule has 2 N–H and O–H groups in total. The van der Waals surface area contributed by atoms with E-state index in [4.69, 9.17) is 10.2 Å². The molecule has 102 valence electrons. The third-order valence-electron chi connectivity index (χ3n) is 3.49. The van der Waals surface area contributed by atoms with Crippen LogP contribution in [0, 0.1) is 6.92 Å². The molecule has 4 nitrogen and oxygen atoms in total. The molecule has 0 aliphatic rings. The summed E-state index contributed by atoms with van der Waals surface area (Å²) in [5, 5.41) is 1.03. The van der Waals surface area contributed by atoms with Crippen molar-refractivity contribution in [1.82, 2.24) is 9.97 Å². The first-order chi connectivity index (χ1) is 10.2. The van der Waals surface area contributed by atoms with Gasteiger partial charge in [0, 0.05) is 28.4 Å². The number of fused-ring (bicyclic) bond motifs is 2. The van der Waals surface area contributed by atoms with E-state index in [2.05, 4.69) is 9.97 Å². The highest BCUT2D eigenvalue weighted by Gasteiger charge is 2.12. The van der Waals surface area contributed by atoms with Crippen molar-refractivity contribution in [3.8, 4) is 11.5 Å². The molecule has 0 radical (unpaired) electrons. The van der Waals surface area contributed by atoms with Gasteiger partial charge in [0.15, 0.2) is 5.58 Å². The predicted molar refractivity (Wildman–Crippen MR) is 83.9 cm³/mol. The predicted octanol–water partition coefficient (Wildman–Crippen LogP) is 3.93. The number of hydrogen-bond acceptors (Lipinski definition) is 4. The van der Waals surface area contributed by atoms with Crippen LogP contribution in [-0.2, 0) is 0 Å². The van der Waals surface area contributed by atoms with Crippen LogP contribution in [0.1, 0.15) is 5.69 Å². The Hall–Kier alpha value is -2.88. The summed E-state index contributed by atoms with van der Waals surface area (Å²) >= 11 is 0. The first-order valence-corrected chi connectivity index (χ1v) is 6.73. The molecule has 0 bridgehead atoms.